The van der Waals surface area contributed by atoms with Crippen LogP contribution in [0.2, 0.25) is 0 Å². The quantitative estimate of drug-likeness (QED) is 0.845. The summed E-state index contributed by atoms with van der Waals surface area (Å²) < 4.78 is 30.2. The van der Waals surface area contributed by atoms with Crippen molar-refractivity contribution >= 4 is 10.0 Å². The molecule has 0 aliphatic heterocycles. The average Bonchev–Trinajstić information content (AvgIpc) is 3.10. The Morgan fingerprint density at radius 3 is 2.79 bits per heavy atom. The van der Waals surface area contributed by atoms with Crippen molar-refractivity contribution in [3.8, 4) is 5.69 Å². The Hall–Kier alpha value is -1.92. The number of sulfonamides is 1. The highest BCUT2D eigenvalue weighted by molar-refractivity contribution is 7.89. The van der Waals surface area contributed by atoms with E-state index in [0.29, 0.717) is 4.90 Å². The fourth-order valence-corrected chi connectivity index (χ4v) is 4.58. The highest BCUT2D eigenvalue weighted by Crippen LogP contribution is 2.23. The van der Waals surface area contributed by atoms with Crippen molar-refractivity contribution in [3.63, 3.8) is 0 Å². The molecule has 2 aromatic rings. The number of nitrogens with one attached hydrogen (secondary N) is 1. The third-order valence-electron chi connectivity index (χ3n) is 4.44. The molecule has 3 rings (SSSR count). The molecule has 0 bridgehead atoms. The molecule has 1 aliphatic rings. The first-order chi connectivity index (χ1) is 11.5. The number of benzene rings is 1. The van der Waals surface area contributed by atoms with Crippen molar-refractivity contribution in [1.29, 1.82) is 0 Å². The van der Waals surface area contributed by atoms with Crippen LogP contribution in [-0.4, -0.2) is 24.2 Å². The molecule has 0 radical (unpaired) electrons. The van der Waals surface area contributed by atoms with Gasteiger partial charge in [0.05, 0.1) is 10.6 Å². The molecular formula is C18H23N3O2S. The fourth-order valence-electron chi connectivity index (χ4n) is 3.07. The molecule has 0 amide bonds. The Morgan fingerprint density at radius 1 is 1.29 bits per heavy atom. The Bertz CT molecular complexity index is 839. The number of aryl methyl sites for hydroxylation is 1. The Labute approximate surface area is 143 Å². The van der Waals surface area contributed by atoms with Crippen LogP contribution in [0.25, 0.3) is 5.69 Å². The average molecular weight is 345 g/mol. The van der Waals surface area contributed by atoms with E-state index in [4.69, 9.17) is 0 Å². The van der Waals surface area contributed by atoms with Crippen LogP contribution in [0.3, 0.4) is 0 Å². The molecule has 0 fully saturated rings. The van der Waals surface area contributed by atoms with E-state index in [-0.39, 0.29) is 6.04 Å². The lowest BCUT2D eigenvalue weighted by Crippen LogP contribution is -2.34. The Kier molecular flexibility index (Phi) is 4.87. The molecule has 1 atom stereocenters. The van der Waals surface area contributed by atoms with Gasteiger partial charge in [-0.15, -0.1) is 0 Å². The molecule has 1 aromatic heterocycles. The van der Waals surface area contributed by atoms with Gasteiger partial charge in [0.15, 0.2) is 0 Å². The highest BCUT2D eigenvalue weighted by atomic mass is 32.2. The lowest BCUT2D eigenvalue weighted by molar-refractivity contribution is 0.562. The molecule has 0 saturated heterocycles. The van der Waals surface area contributed by atoms with Gasteiger partial charge in [0.1, 0.15) is 0 Å². The van der Waals surface area contributed by atoms with Gasteiger partial charge >= 0.3 is 0 Å². The summed E-state index contributed by atoms with van der Waals surface area (Å²) in [6.07, 6.45) is 9.96. The summed E-state index contributed by atoms with van der Waals surface area (Å²) in [7, 11) is -3.59. The van der Waals surface area contributed by atoms with Crippen LogP contribution in [0, 0.1) is 6.92 Å². The van der Waals surface area contributed by atoms with Crippen molar-refractivity contribution in [2.75, 3.05) is 0 Å². The monoisotopic (exact) mass is 345 g/mol. The zero-order valence-corrected chi connectivity index (χ0v) is 14.9. The molecule has 0 spiro atoms. The van der Waals surface area contributed by atoms with Crippen LogP contribution in [0.4, 0.5) is 0 Å². The van der Waals surface area contributed by atoms with E-state index in [9.17, 15) is 8.42 Å². The molecule has 6 heteroatoms. The van der Waals surface area contributed by atoms with Gasteiger partial charge in [0, 0.05) is 18.4 Å². The topological polar surface area (TPSA) is 64.0 Å². The van der Waals surface area contributed by atoms with E-state index in [1.165, 1.54) is 12.0 Å². The van der Waals surface area contributed by atoms with Crippen LogP contribution in [0.15, 0.2) is 53.2 Å². The third-order valence-corrected chi connectivity index (χ3v) is 6.13. The summed E-state index contributed by atoms with van der Waals surface area (Å²) in [6, 6.07) is 6.99. The van der Waals surface area contributed by atoms with Crippen molar-refractivity contribution in [2.45, 2.75) is 50.5 Å². The predicted octanol–water partition coefficient (Wildman–Crippen LogP) is 3.35. The molecule has 5 nitrogen and oxygen atoms in total. The summed E-state index contributed by atoms with van der Waals surface area (Å²) >= 11 is 0. The second-order valence-electron chi connectivity index (χ2n) is 6.27. The van der Waals surface area contributed by atoms with Crippen LogP contribution in [0.5, 0.6) is 0 Å². The predicted molar refractivity (Wildman–Crippen MR) is 94.6 cm³/mol. The summed E-state index contributed by atoms with van der Waals surface area (Å²) in [5.74, 6) is 0. The smallest absolute Gasteiger partial charge is 0.241 e. The second-order valence-corrected chi connectivity index (χ2v) is 7.95. The fraction of sp³-hybridized carbons (Fsp3) is 0.389. The van der Waals surface area contributed by atoms with Gasteiger partial charge in [-0.2, -0.15) is 5.10 Å². The van der Waals surface area contributed by atoms with Crippen LogP contribution < -0.4 is 4.72 Å². The van der Waals surface area contributed by atoms with Gasteiger partial charge in [0.25, 0.3) is 0 Å². The zero-order chi connectivity index (χ0) is 17.2. The van der Waals surface area contributed by atoms with Crippen molar-refractivity contribution < 1.29 is 8.42 Å². The second kappa shape index (κ2) is 6.91. The van der Waals surface area contributed by atoms with Crippen molar-refractivity contribution in [1.82, 2.24) is 14.5 Å². The summed E-state index contributed by atoms with van der Waals surface area (Å²) in [6.45, 7) is 3.73. The number of hydrogen-bond acceptors (Lipinski definition) is 3. The minimum absolute atomic E-state index is 0.178. The SMILES string of the molecule is Cc1ccc(-n2cccn2)cc1S(=O)(=O)N[C@H](C)C1=CCCCC1. The number of hydrogen-bond donors (Lipinski definition) is 1. The Morgan fingerprint density at radius 2 is 2.12 bits per heavy atom. The van der Waals surface area contributed by atoms with Gasteiger partial charge < -0.3 is 0 Å². The molecule has 1 aliphatic carbocycles. The first kappa shape index (κ1) is 16.9. The van der Waals surface area contributed by atoms with Crippen LogP contribution >= 0.6 is 0 Å². The summed E-state index contributed by atoms with van der Waals surface area (Å²) in [5.41, 5.74) is 2.64. The molecule has 128 valence electrons. The van der Waals surface area contributed by atoms with E-state index in [0.717, 1.165) is 30.5 Å². The Balaban J connectivity index is 1.89. The van der Waals surface area contributed by atoms with Crippen LogP contribution in [-0.2, 0) is 10.0 Å². The van der Waals surface area contributed by atoms with Crippen molar-refractivity contribution in [3.05, 3.63) is 53.9 Å². The first-order valence-electron chi connectivity index (χ1n) is 8.29. The number of aromatic nitrogens is 2. The molecule has 24 heavy (non-hydrogen) atoms. The van der Waals surface area contributed by atoms with E-state index in [1.807, 2.05) is 32.0 Å². The minimum atomic E-state index is -3.59. The number of nitrogens with zero attached hydrogens (tertiary/aromatic N) is 2. The maximum absolute atomic E-state index is 12.9. The van der Waals surface area contributed by atoms with Gasteiger partial charge in [-0.05, 0) is 63.3 Å². The maximum atomic E-state index is 12.9. The van der Waals surface area contributed by atoms with Crippen molar-refractivity contribution in [2.24, 2.45) is 0 Å². The lowest BCUT2D eigenvalue weighted by Gasteiger charge is -2.21. The number of allylic oxidation sites excluding steroid dienone is 1. The van der Waals surface area contributed by atoms with E-state index < -0.39 is 10.0 Å². The normalized spacial score (nSPS) is 16.7. The summed E-state index contributed by atoms with van der Waals surface area (Å²) in [5, 5.41) is 4.17. The zero-order valence-electron chi connectivity index (χ0n) is 14.1. The van der Waals surface area contributed by atoms with E-state index >= 15 is 0 Å². The largest absolute Gasteiger partial charge is 0.241 e. The maximum Gasteiger partial charge on any atom is 0.241 e. The van der Waals surface area contributed by atoms with Gasteiger partial charge in [-0.25, -0.2) is 17.8 Å². The van der Waals surface area contributed by atoms with Crippen LogP contribution in [0.1, 0.15) is 38.2 Å². The van der Waals surface area contributed by atoms with Gasteiger partial charge in [0.2, 0.25) is 10.0 Å². The standard InChI is InChI=1S/C18H23N3O2S/c1-14-9-10-17(21-12-6-11-19-21)13-18(14)24(22,23)20-15(2)16-7-4-3-5-8-16/h6-7,9-13,15,20H,3-5,8H2,1-2H3/t15-/m1/s1. The van der Waals surface area contributed by atoms with Gasteiger partial charge in [-0.1, -0.05) is 17.7 Å². The lowest BCUT2D eigenvalue weighted by atomic mass is 9.95. The van der Waals surface area contributed by atoms with Gasteiger partial charge in [-0.3, -0.25) is 0 Å². The minimum Gasteiger partial charge on any atom is -0.241 e. The molecule has 1 heterocycles. The molecule has 0 saturated carbocycles. The molecule has 1 aromatic carbocycles. The van der Waals surface area contributed by atoms with E-state index in [1.54, 1.807) is 23.1 Å². The number of rotatable bonds is 5. The molecule has 0 unspecified atom stereocenters. The molecule has 1 N–H and O–H groups in total. The summed E-state index contributed by atoms with van der Waals surface area (Å²) in [4.78, 5) is 0.304. The first-order valence-corrected chi connectivity index (χ1v) is 9.77. The third kappa shape index (κ3) is 3.60. The van der Waals surface area contributed by atoms with E-state index in [2.05, 4.69) is 15.9 Å². The highest BCUT2D eigenvalue weighted by Gasteiger charge is 2.22. The molecular weight excluding hydrogens is 322 g/mol.